The van der Waals surface area contributed by atoms with E-state index in [9.17, 15) is 14.7 Å². The Hall–Kier alpha value is -2.04. The molecule has 0 fully saturated rings. The molecule has 5 heteroatoms. The van der Waals surface area contributed by atoms with Gasteiger partial charge in [0.05, 0.1) is 6.42 Å². The van der Waals surface area contributed by atoms with E-state index in [4.69, 9.17) is 5.11 Å². The fourth-order valence-corrected chi connectivity index (χ4v) is 1.17. The second-order valence-corrected chi connectivity index (χ2v) is 3.10. The van der Waals surface area contributed by atoms with Crippen LogP contribution < -0.4 is 5.32 Å². The Morgan fingerprint density at radius 1 is 1.40 bits per heavy atom. The van der Waals surface area contributed by atoms with E-state index in [0.717, 1.165) is 0 Å². The molecule has 0 atom stereocenters. The van der Waals surface area contributed by atoms with Crippen LogP contribution in [0.4, 0.5) is 5.69 Å². The summed E-state index contributed by atoms with van der Waals surface area (Å²) in [7, 11) is 0. The van der Waals surface area contributed by atoms with Gasteiger partial charge in [0.1, 0.15) is 5.75 Å². The largest absolute Gasteiger partial charge is 0.508 e. The van der Waals surface area contributed by atoms with Crippen LogP contribution in [0.15, 0.2) is 18.2 Å². The number of carboxylic acids is 1. The SMILES string of the molecule is CC(=O)Nc1ccc(O)c(CC(=O)O)c1. The number of nitrogens with one attached hydrogen (secondary N) is 1. The maximum atomic E-state index is 10.7. The van der Waals surface area contributed by atoms with Crippen molar-refractivity contribution >= 4 is 17.6 Å². The second-order valence-electron chi connectivity index (χ2n) is 3.10. The number of phenols is 1. The summed E-state index contributed by atoms with van der Waals surface area (Å²) in [5.74, 6) is -1.38. The predicted molar refractivity (Wildman–Crippen MR) is 53.8 cm³/mol. The van der Waals surface area contributed by atoms with Gasteiger partial charge in [-0.1, -0.05) is 0 Å². The highest BCUT2D eigenvalue weighted by Crippen LogP contribution is 2.21. The average Bonchev–Trinajstić information content (AvgIpc) is 2.09. The molecule has 0 spiro atoms. The summed E-state index contributed by atoms with van der Waals surface area (Å²) >= 11 is 0. The van der Waals surface area contributed by atoms with Crippen LogP contribution in [0.2, 0.25) is 0 Å². The molecule has 15 heavy (non-hydrogen) atoms. The molecule has 80 valence electrons. The van der Waals surface area contributed by atoms with Crippen LogP contribution in [-0.4, -0.2) is 22.1 Å². The first-order chi connectivity index (χ1) is 6.99. The lowest BCUT2D eigenvalue weighted by atomic mass is 10.1. The molecule has 3 N–H and O–H groups in total. The Labute approximate surface area is 86.4 Å². The molecule has 0 aliphatic heterocycles. The van der Waals surface area contributed by atoms with Crippen LogP contribution in [0.1, 0.15) is 12.5 Å². The second kappa shape index (κ2) is 4.45. The van der Waals surface area contributed by atoms with Crippen molar-refractivity contribution in [1.29, 1.82) is 0 Å². The summed E-state index contributed by atoms with van der Waals surface area (Å²) in [5, 5.41) is 20.4. The molecule has 0 unspecified atom stereocenters. The topological polar surface area (TPSA) is 86.6 Å². The minimum Gasteiger partial charge on any atom is -0.508 e. The minimum atomic E-state index is -1.04. The molecule has 0 heterocycles. The molecular formula is C10H11NO4. The third kappa shape index (κ3) is 3.30. The van der Waals surface area contributed by atoms with Gasteiger partial charge in [-0.3, -0.25) is 9.59 Å². The van der Waals surface area contributed by atoms with Gasteiger partial charge in [-0.25, -0.2) is 0 Å². The van der Waals surface area contributed by atoms with Gasteiger partial charge in [0.15, 0.2) is 0 Å². The zero-order chi connectivity index (χ0) is 11.4. The summed E-state index contributed by atoms with van der Waals surface area (Å²) in [5.41, 5.74) is 0.741. The number of carboxylic acid groups (broad SMARTS) is 1. The van der Waals surface area contributed by atoms with E-state index in [0.29, 0.717) is 5.69 Å². The number of anilines is 1. The monoisotopic (exact) mass is 209 g/mol. The molecule has 1 aromatic carbocycles. The van der Waals surface area contributed by atoms with Gasteiger partial charge in [0, 0.05) is 18.2 Å². The van der Waals surface area contributed by atoms with Gasteiger partial charge in [0.2, 0.25) is 5.91 Å². The van der Waals surface area contributed by atoms with Crippen molar-refractivity contribution in [3.05, 3.63) is 23.8 Å². The first-order valence-electron chi connectivity index (χ1n) is 4.30. The maximum absolute atomic E-state index is 10.7. The zero-order valence-corrected chi connectivity index (χ0v) is 8.15. The van der Waals surface area contributed by atoms with Gasteiger partial charge in [-0.15, -0.1) is 0 Å². The lowest BCUT2D eigenvalue weighted by Crippen LogP contribution is -2.07. The summed E-state index contributed by atoms with van der Waals surface area (Å²) < 4.78 is 0. The number of hydrogen-bond donors (Lipinski definition) is 3. The van der Waals surface area contributed by atoms with Crippen LogP contribution in [0.3, 0.4) is 0 Å². The lowest BCUT2D eigenvalue weighted by Gasteiger charge is -2.06. The van der Waals surface area contributed by atoms with E-state index >= 15 is 0 Å². The Morgan fingerprint density at radius 2 is 2.07 bits per heavy atom. The Balaban J connectivity index is 2.94. The third-order valence-electron chi connectivity index (χ3n) is 1.74. The summed E-state index contributed by atoms with van der Waals surface area (Å²) in [6, 6.07) is 4.29. The Kier molecular flexibility index (Phi) is 3.28. The summed E-state index contributed by atoms with van der Waals surface area (Å²) in [4.78, 5) is 21.2. The maximum Gasteiger partial charge on any atom is 0.307 e. The molecule has 0 radical (unpaired) electrons. The first kappa shape index (κ1) is 11.0. The van der Waals surface area contributed by atoms with E-state index < -0.39 is 5.97 Å². The first-order valence-corrected chi connectivity index (χ1v) is 4.30. The van der Waals surface area contributed by atoms with Crippen LogP contribution in [0.5, 0.6) is 5.75 Å². The minimum absolute atomic E-state index is 0.0912. The van der Waals surface area contributed by atoms with Crippen LogP contribution in [-0.2, 0) is 16.0 Å². The number of carbonyl (C=O) groups is 2. The van der Waals surface area contributed by atoms with E-state index in [1.54, 1.807) is 0 Å². The van der Waals surface area contributed by atoms with Crippen molar-refractivity contribution in [2.24, 2.45) is 0 Å². The van der Waals surface area contributed by atoms with Crippen molar-refractivity contribution < 1.29 is 19.8 Å². The molecule has 0 aliphatic carbocycles. The van der Waals surface area contributed by atoms with Gasteiger partial charge >= 0.3 is 5.97 Å². The zero-order valence-electron chi connectivity index (χ0n) is 8.15. The number of amides is 1. The van der Waals surface area contributed by atoms with Crippen molar-refractivity contribution in [2.75, 3.05) is 5.32 Å². The molecule has 1 aromatic rings. The molecule has 1 amide bonds. The molecule has 0 aliphatic rings. The summed E-state index contributed by atoms with van der Waals surface area (Å²) in [6.07, 6.45) is -0.279. The van der Waals surface area contributed by atoms with Crippen molar-refractivity contribution in [3.63, 3.8) is 0 Å². The lowest BCUT2D eigenvalue weighted by molar-refractivity contribution is -0.136. The molecule has 0 saturated carbocycles. The Morgan fingerprint density at radius 3 is 2.60 bits per heavy atom. The standard InChI is InChI=1S/C10H11NO4/c1-6(12)11-8-2-3-9(13)7(4-8)5-10(14)15/h2-4,13H,5H2,1H3,(H,11,12)(H,14,15). The number of aliphatic carboxylic acids is 1. The molecular weight excluding hydrogens is 198 g/mol. The fraction of sp³-hybridized carbons (Fsp3) is 0.200. The molecule has 5 nitrogen and oxygen atoms in total. The third-order valence-corrected chi connectivity index (χ3v) is 1.74. The van der Waals surface area contributed by atoms with E-state index in [-0.39, 0.29) is 23.6 Å². The molecule has 0 saturated heterocycles. The average molecular weight is 209 g/mol. The summed E-state index contributed by atoms with van der Waals surface area (Å²) in [6.45, 7) is 1.35. The highest BCUT2D eigenvalue weighted by atomic mass is 16.4. The number of aromatic hydroxyl groups is 1. The number of phenolic OH excluding ortho intramolecular Hbond substituents is 1. The van der Waals surface area contributed by atoms with E-state index in [1.165, 1.54) is 25.1 Å². The Bertz CT molecular complexity index is 400. The molecule has 0 aromatic heterocycles. The van der Waals surface area contributed by atoms with Crippen LogP contribution >= 0.6 is 0 Å². The van der Waals surface area contributed by atoms with Gasteiger partial charge in [-0.2, -0.15) is 0 Å². The number of rotatable bonds is 3. The van der Waals surface area contributed by atoms with Crippen molar-refractivity contribution in [1.82, 2.24) is 0 Å². The number of hydrogen-bond acceptors (Lipinski definition) is 3. The van der Waals surface area contributed by atoms with E-state index in [1.807, 2.05) is 0 Å². The van der Waals surface area contributed by atoms with Crippen LogP contribution in [0, 0.1) is 0 Å². The molecule has 0 bridgehead atoms. The quantitative estimate of drug-likeness (QED) is 0.647. The van der Waals surface area contributed by atoms with Gasteiger partial charge in [-0.05, 0) is 18.2 Å². The van der Waals surface area contributed by atoms with Crippen molar-refractivity contribution in [3.8, 4) is 5.75 Å². The van der Waals surface area contributed by atoms with Crippen molar-refractivity contribution in [2.45, 2.75) is 13.3 Å². The normalized spacial score (nSPS) is 9.67. The smallest absolute Gasteiger partial charge is 0.307 e. The highest BCUT2D eigenvalue weighted by molar-refractivity contribution is 5.89. The van der Waals surface area contributed by atoms with Crippen LogP contribution in [0.25, 0.3) is 0 Å². The number of benzene rings is 1. The fourth-order valence-electron chi connectivity index (χ4n) is 1.17. The highest BCUT2D eigenvalue weighted by Gasteiger charge is 2.07. The predicted octanol–water partition coefficient (Wildman–Crippen LogP) is 0.978. The number of carbonyl (C=O) groups excluding carboxylic acids is 1. The van der Waals surface area contributed by atoms with Gasteiger partial charge < -0.3 is 15.5 Å². The van der Waals surface area contributed by atoms with Gasteiger partial charge in [0.25, 0.3) is 0 Å². The van der Waals surface area contributed by atoms with E-state index in [2.05, 4.69) is 5.32 Å². The molecule has 1 rings (SSSR count).